The Labute approximate surface area is 194 Å². The number of hydrogen-bond donors (Lipinski definition) is 1. The molecule has 0 aliphatic rings. The van der Waals surface area contributed by atoms with Gasteiger partial charge in [0, 0.05) is 5.56 Å². The van der Waals surface area contributed by atoms with Crippen LogP contribution in [0.2, 0.25) is 10.0 Å². The molecule has 0 aliphatic carbocycles. The first-order valence-electron chi connectivity index (χ1n) is 9.12. The number of halogens is 8. The largest absolute Gasteiger partial charge is 0.497 e. The highest BCUT2D eigenvalue weighted by atomic mass is 35.5. The molecule has 0 aromatic heterocycles. The molecule has 0 saturated heterocycles. The quantitative estimate of drug-likeness (QED) is 0.219. The maximum atomic E-state index is 13.2. The summed E-state index contributed by atoms with van der Waals surface area (Å²) in [5, 5.41) is 2.54. The Bertz CT molecular complexity index is 1170. The van der Waals surface area contributed by atoms with E-state index in [1.165, 1.54) is 19.2 Å². The molecule has 0 spiro atoms. The molecule has 3 nitrogen and oxygen atoms in total. The van der Waals surface area contributed by atoms with E-state index in [9.17, 15) is 26.3 Å². The van der Waals surface area contributed by atoms with Gasteiger partial charge in [-0.1, -0.05) is 23.2 Å². The van der Waals surface area contributed by atoms with Crippen LogP contribution in [0, 0.1) is 0 Å². The number of rotatable bonds is 4. The molecule has 0 unspecified atom stereocenters. The van der Waals surface area contributed by atoms with Crippen LogP contribution in [0.15, 0.2) is 65.7 Å². The predicted octanol–water partition coefficient (Wildman–Crippen LogP) is 8.23. The van der Waals surface area contributed by atoms with Crippen LogP contribution in [0.1, 0.15) is 16.7 Å². The standard InChI is InChI=1S/C22H14Cl2F6N2O/c1-33-15-6-2-12(3-7-15)20(31-18-10-13(21(25,26)27)4-8-16(18)23)32-19-11-14(22(28,29)30)5-9-17(19)24/h2-11H,1H3,(H,31,32). The van der Waals surface area contributed by atoms with Crippen LogP contribution in [-0.2, 0) is 12.4 Å². The van der Waals surface area contributed by atoms with E-state index >= 15 is 0 Å². The van der Waals surface area contributed by atoms with Crippen molar-refractivity contribution in [3.8, 4) is 5.75 Å². The third-order valence-corrected chi connectivity index (χ3v) is 5.07. The van der Waals surface area contributed by atoms with Crippen molar-refractivity contribution in [2.75, 3.05) is 12.4 Å². The molecule has 33 heavy (non-hydrogen) atoms. The van der Waals surface area contributed by atoms with Gasteiger partial charge in [0.05, 0.1) is 39.7 Å². The van der Waals surface area contributed by atoms with Gasteiger partial charge >= 0.3 is 12.4 Å². The minimum absolute atomic E-state index is 0.0562. The first kappa shape index (κ1) is 24.7. The molecule has 174 valence electrons. The zero-order valence-electron chi connectivity index (χ0n) is 16.7. The van der Waals surface area contributed by atoms with Crippen molar-refractivity contribution in [2.45, 2.75) is 12.4 Å². The molecular weight excluding hydrogens is 493 g/mol. The van der Waals surface area contributed by atoms with Crippen molar-refractivity contribution in [2.24, 2.45) is 4.99 Å². The highest BCUT2D eigenvalue weighted by molar-refractivity contribution is 6.34. The highest BCUT2D eigenvalue weighted by Gasteiger charge is 2.32. The predicted molar refractivity (Wildman–Crippen MR) is 116 cm³/mol. The second-order valence-corrected chi connectivity index (χ2v) is 7.48. The van der Waals surface area contributed by atoms with Crippen LogP contribution in [0.25, 0.3) is 0 Å². The van der Waals surface area contributed by atoms with Gasteiger partial charge in [-0.2, -0.15) is 26.3 Å². The fourth-order valence-electron chi connectivity index (χ4n) is 2.73. The fraction of sp³-hybridized carbons (Fsp3) is 0.136. The first-order valence-corrected chi connectivity index (χ1v) is 9.87. The van der Waals surface area contributed by atoms with Crippen molar-refractivity contribution in [3.63, 3.8) is 0 Å². The third kappa shape index (κ3) is 6.11. The normalized spacial score (nSPS) is 12.6. The Balaban J connectivity index is 2.14. The number of ether oxygens (including phenoxy) is 1. The van der Waals surface area contributed by atoms with Gasteiger partial charge in [-0.25, -0.2) is 4.99 Å². The zero-order chi connectivity index (χ0) is 24.4. The number of hydrogen-bond acceptors (Lipinski definition) is 2. The Morgan fingerprint density at radius 1 is 0.788 bits per heavy atom. The van der Waals surface area contributed by atoms with Crippen LogP contribution in [0.3, 0.4) is 0 Å². The van der Waals surface area contributed by atoms with Gasteiger partial charge in [0.15, 0.2) is 0 Å². The van der Waals surface area contributed by atoms with Gasteiger partial charge < -0.3 is 10.1 Å². The number of methoxy groups -OCH3 is 1. The minimum atomic E-state index is -4.65. The van der Waals surface area contributed by atoms with E-state index in [0.717, 1.165) is 36.4 Å². The van der Waals surface area contributed by atoms with Crippen molar-refractivity contribution >= 4 is 40.4 Å². The highest BCUT2D eigenvalue weighted by Crippen LogP contribution is 2.37. The summed E-state index contributed by atoms with van der Waals surface area (Å²) in [6.07, 6.45) is -9.28. The molecule has 0 bridgehead atoms. The molecule has 0 amide bonds. The summed E-state index contributed by atoms with van der Waals surface area (Å²) in [4.78, 5) is 4.18. The van der Waals surface area contributed by atoms with E-state index in [4.69, 9.17) is 27.9 Å². The van der Waals surface area contributed by atoms with Crippen molar-refractivity contribution in [1.82, 2.24) is 0 Å². The van der Waals surface area contributed by atoms with E-state index < -0.39 is 23.5 Å². The number of aliphatic imine (C=N–C) groups is 1. The lowest BCUT2D eigenvalue weighted by Crippen LogP contribution is -2.15. The van der Waals surface area contributed by atoms with Gasteiger partial charge in [0.1, 0.15) is 11.6 Å². The van der Waals surface area contributed by atoms with E-state index in [1.54, 1.807) is 12.1 Å². The van der Waals surface area contributed by atoms with E-state index in [-0.39, 0.29) is 27.3 Å². The van der Waals surface area contributed by atoms with Crippen LogP contribution in [0.4, 0.5) is 37.7 Å². The number of alkyl halides is 6. The molecule has 0 aliphatic heterocycles. The number of nitrogens with zero attached hydrogens (tertiary/aromatic N) is 1. The molecule has 3 rings (SSSR count). The van der Waals surface area contributed by atoms with Gasteiger partial charge in [-0.15, -0.1) is 0 Å². The summed E-state index contributed by atoms with van der Waals surface area (Å²) in [7, 11) is 1.44. The Hall–Kier alpha value is -2.91. The van der Waals surface area contributed by atoms with Gasteiger partial charge in [-0.05, 0) is 60.7 Å². The molecular formula is C22H14Cl2F6N2O. The van der Waals surface area contributed by atoms with Crippen LogP contribution in [0.5, 0.6) is 5.75 Å². The van der Waals surface area contributed by atoms with Crippen molar-refractivity contribution in [1.29, 1.82) is 0 Å². The molecule has 0 fully saturated rings. The lowest BCUT2D eigenvalue weighted by atomic mass is 10.1. The van der Waals surface area contributed by atoms with Crippen molar-refractivity contribution in [3.05, 3.63) is 87.4 Å². The van der Waals surface area contributed by atoms with E-state index in [0.29, 0.717) is 11.3 Å². The molecule has 3 aromatic rings. The zero-order valence-corrected chi connectivity index (χ0v) is 18.2. The number of amidine groups is 1. The van der Waals surface area contributed by atoms with Crippen LogP contribution < -0.4 is 10.1 Å². The van der Waals surface area contributed by atoms with Crippen LogP contribution >= 0.6 is 23.2 Å². The third-order valence-electron chi connectivity index (χ3n) is 4.42. The summed E-state index contributed by atoms with van der Waals surface area (Å²) in [5.41, 5.74) is -2.02. The Kier molecular flexibility index (Phi) is 7.14. The minimum Gasteiger partial charge on any atom is -0.497 e. The lowest BCUT2D eigenvalue weighted by molar-refractivity contribution is -0.138. The monoisotopic (exact) mass is 506 g/mol. The van der Waals surface area contributed by atoms with E-state index in [1.807, 2.05) is 0 Å². The number of anilines is 1. The number of benzene rings is 3. The van der Waals surface area contributed by atoms with Gasteiger partial charge in [0.2, 0.25) is 0 Å². The molecule has 0 saturated carbocycles. The van der Waals surface area contributed by atoms with Gasteiger partial charge in [0.25, 0.3) is 0 Å². The summed E-state index contributed by atoms with van der Waals surface area (Å²) < 4.78 is 84.0. The van der Waals surface area contributed by atoms with Gasteiger partial charge in [-0.3, -0.25) is 0 Å². The van der Waals surface area contributed by atoms with Crippen LogP contribution in [-0.4, -0.2) is 12.9 Å². The average molecular weight is 507 g/mol. The molecule has 0 heterocycles. The maximum Gasteiger partial charge on any atom is 0.416 e. The van der Waals surface area contributed by atoms with E-state index in [2.05, 4.69) is 10.3 Å². The summed E-state index contributed by atoms with van der Waals surface area (Å²) in [5.74, 6) is 0.396. The summed E-state index contributed by atoms with van der Waals surface area (Å²) in [6.45, 7) is 0. The molecule has 3 aromatic carbocycles. The summed E-state index contributed by atoms with van der Waals surface area (Å²) >= 11 is 12.1. The second kappa shape index (κ2) is 9.52. The summed E-state index contributed by atoms with van der Waals surface area (Å²) in [6, 6.07) is 11.3. The first-order chi connectivity index (χ1) is 15.4. The van der Waals surface area contributed by atoms with Crippen molar-refractivity contribution < 1.29 is 31.1 Å². The molecule has 1 N–H and O–H groups in total. The lowest BCUT2D eigenvalue weighted by Gasteiger charge is -2.15. The molecule has 11 heteroatoms. The topological polar surface area (TPSA) is 33.6 Å². The molecule has 0 radical (unpaired) electrons. The second-order valence-electron chi connectivity index (χ2n) is 6.67. The fourth-order valence-corrected chi connectivity index (χ4v) is 3.06. The smallest absolute Gasteiger partial charge is 0.416 e. The average Bonchev–Trinajstić information content (AvgIpc) is 2.74. The number of nitrogens with one attached hydrogen (secondary N) is 1. The SMILES string of the molecule is COc1ccc(C(=Nc2cc(C(F)(F)F)ccc2Cl)Nc2cc(C(F)(F)F)ccc2Cl)cc1. The molecule has 0 atom stereocenters. The Morgan fingerprint density at radius 3 is 1.88 bits per heavy atom. The Morgan fingerprint density at radius 2 is 1.33 bits per heavy atom. The maximum absolute atomic E-state index is 13.2.